The lowest BCUT2D eigenvalue weighted by atomic mass is 9.80. The van der Waals surface area contributed by atoms with Crippen molar-refractivity contribution in [2.45, 2.75) is 25.3 Å². The van der Waals surface area contributed by atoms with Gasteiger partial charge in [0.05, 0.1) is 5.70 Å². The van der Waals surface area contributed by atoms with E-state index < -0.39 is 5.54 Å². The highest BCUT2D eigenvalue weighted by Crippen LogP contribution is 2.36. The van der Waals surface area contributed by atoms with Crippen LogP contribution in [0.2, 0.25) is 0 Å². The summed E-state index contributed by atoms with van der Waals surface area (Å²) in [7, 11) is 0. The van der Waals surface area contributed by atoms with Crippen LogP contribution in [-0.4, -0.2) is 10.5 Å². The van der Waals surface area contributed by atoms with E-state index in [2.05, 4.69) is 0 Å². The van der Waals surface area contributed by atoms with E-state index in [4.69, 9.17) is 5.73 Å². The summed E-state index contributed by atoms with van der Waals surface area (Å²) in [4.78, 5) is 11.1. The van der Waals surface area contributed by atoms with E-state index in [1.165, 1.54) is 0 Å². The van der Waals surface area contributed by atoms with Gasteiger partial charge in [-0.3, -0.25) is 10.1 Å². The maximum atomic E-state index is 11.4. The summed E-state index contributed by atoms with van der Waals surface area (Å²) in [6.07, 6.45) is 4.29. The summed E-state index contributed by atoms with van der Waals surface area (Å²) in [5, 5.41) is 11.4. The molecule has 1 aliphatic rings. The van der Waals surface area contributed by atoms with Crippen molar-refractivity contribution in [2.24, 2.45) is 5.73 Å². The largest absolute Gasteiger partial charge is 0.396 e. The van der Waals surface area contributed by atoms with Gasteiger partial charge >= 0.3 is 0 Å². The average molecular weight is 244 g/mol. The molecule has 0 aromatic heterocycles. The van der Waals surface area contributed by atoms with E-state index in [0.717, 1.165) is 11.1 Å². The number of rotatable bonds is 3. The molecule has 2 N–H and O–H groups in total. The zero-order valence-corrected chi connectivity index (χ0v) is 10.3. The normalized spacial score (nSPS) is 23.2. The van der Waals surface area contributed by atoms with Gasteiger partial charge in [0.1, 0.15) is 0 Å². The number of hydrogen-bond acceptors (Lipinski definition) is 3. The fraction of sp³-hybridized carbons (Fsp3) is 0.286. The molecule has 1 atom stereocenters. The number of nitrogens with zero attached hydrogens (tertiary/aromatic N) is 1. The van der Waals surface area contributed by atoms with Crippen LogP contribution < -0.4 is 5.73 Å². The fourth-order valence-electron chi connectivity index (χ4n) is 2.30. The van der Waals surface area contributed by atoms with Crippen molar-refractivity contribution in [3.63, 3.8) is 0 Å². The van der Waals surface area contributed by atoms with Gasteiger partial charge in [0.15, 0.2) is 0 Å². The van der Waals surface area contributed by atoms with E-state index in [1.54, 1.807) is 13.0 Å². The second-order valence-corrected chi connectivity index (χ2v) is 4.50. The lowest BCUT2D eigenvalue weighted by molar-refractivity contribution is -0.558. The third-order valence-electron chi connectivity index (χ3n) is 3.56. The Morgan fingerprint density at radius 2 is 2.00 bits per heavy atom. The third-order valence-corrected chi connectivity index (χ3v) is 3.56. The number of nitrogens with two attached hydrogens (primary N) is 1. The minimum Gasteiger partial charge on any atom is -0.396 e. The Labute approximate surface area is 106 Å². The maximum Gasteiger partial charge on any atom is 0.264 e. The van der Waals surface area contributed by atoms with Gasteiger partial charge < -0.3 is 5.73 Å². The predicted octanol–water partition coefficient (Wildman–Crippen LogP) is 2.74. The van der Waals surface area contributed by atoms with Crippen molar-refractivity contribution < 1.29 is 4.92 Å². The third kappa shape index (κ3) is 1.90. The molecule has 0 spiro atoms. The van der Waals surface area contributed by atoms with Crippen LogP contribution in [0.1, 0.15) is 25.3 Å². The minimum atomic E-state index is -1.15. The zero-order valence-electron chi connectivity index (χ0n) is 10.3. The van der Waals surface area contributed by atoms with E-state index in [9.17, 15) is 10.1 Å². The van der Waals surface area contributed by atoms with Crippen LogP contribution in [0.25, 0.3) is 5.57 Å². The van der Waals surface area contributed by atoms with Gasteiger partial charge in [0.25, 0.3) is 5.54 Å². The second kappa shape index (κ2) is 4.64. The molecule has 1 aliphatic carbocycles. The van der Waals surface area contributed by atoms with Crippen molar-refractivity contribution in [3.05, 3.63) is 63.9 Å². The topological polar surface area (TPSA) is 69.2 Å². The standard InChI is InChI=1S/C14H16N2O2/c1-2-14(16(17)18)10-12(8-9-13(14)15)11-6-4-3-5-7-11/h3-9H,2,10,15H2,1H3. The molecule has 0 amide bonds. The molecule has 1 unspecified atom stereocenters. The highest BCUT2D eigenvalue weighted by molar-refractivity contribution is 5.70. The van der Waals surface area contributed by atoms with Crippen LogP contribution in [0.4, 0.5) is 0 Å². The number of allylic oxidation sites excluding steroid dienone is 2. The van der Waals surface area contributed by atoms with E-state index in [1.807, 2.05) is 36.4 Å². The van der Waals surface area contributed by atoms with Gasteiger partial charge in [0.2, 0.25) is 0 Å². The molecular weight excluding hydrogens is 228 g/mol. The number of nitro groups is 1. The first-order chi connectivity index (χ1) is 8.60. The van der Waals surface area contributed by atoms with Crippen molar-refractivity contribution in [2.75, 3.05) is 0 Å². The molecule has 94 valence electrons. The lowest BCUT2D eigenvalue weighted by Crippen LogP contribution is -2.44. The van der Waals surface area contributed by atoms with E-state index in [0.29, 0.717) is 18.5 Å². The summed E-state index contributed by atoms with van der Waals surface area (Å²) in [5.41, 5.74) is 7.01. The Kier molecular flexibility index (Phi) is 3.19. The molecule has 0 radical (unpaired) electrons. The van der Waals surface area contributed by atoms with Crippen molar-refractivity contribution in [1.82, 2.24) is 0 Å². The number of benzene rings is 1. The summed E-state index contributed by atoms with van der Waals surface area (Å²) in [5.74, 6) is 0. The Bertz CT molecular complexity index is 520. The van der Waals surface area contributed by atoms with E-state index in [-0.39, 0.29) is 4.92 Å². The van der Waals surface area contributed by atoms with Crippen molar-refractivity contribution in [3.8, 4) is 0 Å². The zero-order chi connectivity index (χ0) is 13.2. The van der Waals surface area contributed by atoms with Crippen LogP contribution in [-0.2, 0) is 0 Å². The monoisotopic (exact) mass is 244 g/mol. The van der Waals surface area contributed by atoms with Crippen LogP contribution in [0.3, 0.4) is 0 Å². The molecule has 0 saturated carbocycles. The first-order valence-electron chi connectivity index (χ1n) is 5.97. The Morgan fingerprint density at radius 1 is 1.33 bits per heavy atom. The van der Waals surface area contributed by atoms with Gasteiger partial charge in [-0.25, -0.2) is 0 Å². The minimum absolute atomic E-state index is 0.255. The first kappa shape index (κ1) is 12.4. The average Bonchev–Trinajstić information content (AvgIpc) is 2.40. The van der Waals surface area contributed by atoms with Crippen LogP contribution in [0.5, 0.6) is 0 Å². The maximum absolute atomic E-state index is 11.4. The smallest absolute Gasteiger partial charge is 0.264 e. The molecule has 1 aromatic rings. The number of hydrogen-bond donors (Lipinski definition) is 1. The van der Waals surface area contributed by atoms with Gasteiger partial charge in [-0.05, 0) is 17.2 Å². The van der Waals surface area contributed by atoms with Gasteiger partial charge in [0, 0.05) is 17.8 Å². The highest BCUT2D eigenvalue weighted by atomic mass is 16.6. The molecule has 0 fully saturated rings. The molecule has 0 heterocycles. The molecule has 0 aliphatic heterocycles. The quantitative estimate of drug-likeness (QED) is 0.656. The second-order valence-electron chi connectivity index (χ2n) is 4.50. The summed E-state index contributed by atoms with van der Waals surface area (Å²) in [6, 6.07) is 9.70. The molecule has 0 bridgehead atoms. The Balaban J connectivity index is 2.42. The summed E-state index contributed by atoms with van der Waals surface area (Å²) < 4.78 is 0. The van der Waals surface area contributed by atoms with E-state index >= 15 is 0 Å². The predicted molar refractivity (Wildman–Crippen MR) is 71.3 cm³/mol. The first-order valence-corrected chi connectivity index (χ1v) is 5.97. The Hall–Kier alpha value is -2.10. The SMILES string of the molecule is CCC1([N+](=O)[O-])CC(c2ccccc2)=CC=C1N. The lowest BCUT2D eigenvalue weighted by Gasteiger charge is -2.28. The molecule has 18 heavy (non-hydrogen) atoms. The summed E-state index contributed by atoms with van der Waals surface area (Å²) in [6.45, 7) is 1.80. The van der Waals surface area contributed by atoms with Crippen molar-refractivity contribution >= 4 is 5.57 Å². The molecule has 0 saturated heterocycles. The van der Waals surface area contributed by atoms with Crippen LogP contribution in [0, 0.1) is 10.1 Å². The van der Waals surface area contributed by atoms with Gasteiger partial charge in [-0.1, -0.05) is 43.3 Å². The van der Waals surface area contributed by atoms with Gasteiger partial charge in [-0.15, -0.1) is 0 Å². The highest BCUT2D eigenvalue weighted by Gasteiger charge is 2.46. The molecular formula is C14H16N2O2. The Morgan fingerprint density at radius 3 is 2.56 bits per heavy atom. The molecule has 1 aromatic carbocycles. The van der Waals surface area contributed by atoms with Gasteiger partial charge in [-0.2, -0.15) is 0 Å². The van der Waals surface area contributed by atoms with Crippen LogP contribution >= 0.6 is 0 Å². The molecule has 2 rings (SSSR count). The van der Waals surface area contributed by atoms with Crippen molar-refractivity contribution in [1.29, 1.82) is 0 Å². The summed E-state index contributed by atoms with van der Waals surface area (Å²) >= 11 is 0. The van der Waals surface area contributed by atoms with Crippen LogP contribution in [0.15, 0.2) is 48.2 Å². The molecule has 4 nitrogen and oxygen atoms in total. The molecule has 4 heteroatoms. The fourth-order valence-corrected chi connectivity index (χ4v) is 2.30.